The molecule has 0 amide bonds. The van der Waals surface area contributed by atoms with Crippen LogP contribution >= 0.6 is 0 Å². The highest BCUT2D eigenvalue weighted by molar-refractivity contribution is 5.49. The molecule has 19 heavy (non-hydrogen) atoms. The highest BCUT2D eigenvalue weighted by Crippen LogP contribution is 2.18. The molecule has 0 aromatic heterocycles. The molecule has 0 unspecified atom stereocenters. The van der Waals surface area contributed by atoms with Crippen LogP contribution < -0.4 is 4.90 Å². The normalized spacial score (nSPS) is 14.7. The van der Waals surface area contributed by atoms with Crippen LogP contribution in [0.1, 0.15) is 19.8 Å². The van der Waals surface area contributed by atoms with Crippen molar-refractivity contribution in [1.29, 1.82) is 0 Å². The van der Waals surface area contributed by atoms with Gasteiger partial charge in [0.15, 0.2) is 0 Å². The summed E-state index contributed by atoms with van der Waals surface area (Å²) in [5.74, 6) is 0.313. The van der Waals surface area contributed by atoms with Crippen LogP contribution in [0, 0.1) is 0 Å². The summed E-state index contributed by atoms with van der Waals surface area (Å²) in [7, 11) is 0. The highest BCUT2D eigenvalue weighted by Gasteiger charge is 2.01. The molecule has 0 atom stereocenters. The largest absolute Gasteiger partial charge is 0.508 e. The molecule has 2 heteroatoms. The standard InChI is InChI=1S/C17H21NO/c1-2-18(16-10-12-17(19)13-11-16)14-6-9-15-7-4-3-5-8-15/h4,6-13,19H,2-3,5,14H2,1H3/b9-6+. The van der Waals surface area contributed by atoms with Gasteiger partial charge in [0.05, 0.1) is 0 Å². The molecule has 0 saturated carbocycles. The number of aromatic hydroxyl groups is 1. The van der Waals surface area contributed by atoms with Gasteiger partial charge in [0, 0.05) is 18.8 Å². The predicted molar refractivity (Wildman–Crippen MR) is 81.6 cm³/mol. The van der Waals surface area contributed by atoms with E-state index in [0.29, 0.717) is 5.75 Å². The third-order valence-corrected chi connectivity index (χ3v) is 3.26. The Labute approximate surface area is 115 Å². The number of nitrogens with zero attached hydrogens (tertiary/aromatic N) is 1. The Morgan fingerprint density at radius 1 is 1.21 bits per heavy atom. The summed E-state index contributed by atoms with van der Waals surface area (Å²) < 4.78 is 0. The minimum Gasteiger partial charge on any atom is -0.508 e. The average Bonchev–Trinajstić information content (AvgIpc) is 2.46. The molecule has 0 heterocycles. The minimum atomic E-state index is 0.313. The van der Waals surface area contributed by atoms with E-state index in [1.807, 2.05) is 12.1 Å². The van der Waals surface area contributed by atoms with E-state index in [1.54, 1.807) is 12.1 Å². The van der Waals surface area contributed by atoms with E-state index in [4.69, 9.17) is 0 Å². The van der Waals surface area contributed by atoms with Crippen molar-refractivity contribution in [3.8, 4) is 5.75 Å². The first-order valence-electron chi connectivity index (χ1n) is 6.87. The highest BCUT2D eigenvalue weighted by atomic mass is 16.3. The lowest BCUT2D eigenvalue weighted by Gasteiger charge is -2.21. The van der Waals surface area contributed by atoms with Crippen molar-refractivity contribution in [2.45, 2.75) is 19.8 Å². The predicted octanol–water partition coefficient (Wildman–Crippen LogP) is 4.05. The number of hydrogen-bond acceptors (Lipinski definition) is 2. The lowest BCUT2D eigenvalue weighted by molar-refractivity contribution is 0.475. The maximum absolute atomic E-state index is 9.31. The van der Waals surface area contributed by atoms with Crippen LogP contribution in [-0.2, 0) is 0 Å². The Kier molecular flexibility index (Phi) is 4.85. The number of hydrogen-bond donors (Lipinski definition) is 1. The number of anilines is 1. The molecule has 100 valence electrons. The smallest absolute Gasteiger partial charge is 0.115 e. The summed E-state index contributed by atoms with van der Waals surface area (Å²) in [6.45, 7) is 3.97. The van der Waals surface area contributed by atoms with Gasteiger partial charge in [-0.2, -0.15) is 0 Å². The van der Waals surface area contributed by atoms with Gasteiger partial charge < -0.3 is 10.0 Å². The first-order valence-corrected chi connectivity index (χ1v) is 6.87. The summed E-state index contributed by atoms with van der Waals surface area (Å²) in [6, 6.07) is 7.36. The van der Waals surface area contributed by atoms with Crippen LogP contribution in [0.15, 0.2) is 60.2 Å². The lowest BCUT2D eigenvalue weighted by Crippen LogP contribution is -2.22. The minimum absolute atomic E-state index is 0.313. The summed E-state index contributed by atoms with van der Waals surface area (Å²) >= 11 is 0. The SMILES string of the molecule is CCN(C/C=C/C1=CCCC=C1)c1ccc(O)cc1. The van der Waals surface area contributed by atoms with Crippen molar-refractivity contribution < 1.29 is 5.11 Å². The van der Waals surface area contributed by atoms with Gasteiger partial charge in [-0.3, -0.25) is 0 Å². The Morgan fingerprint density at radius 3 is 2.63 bits per heavy atom. The molecule has 2 rings (SSSR count). The third-order valence-electron chi connectivity index (χ3n) is 3.26. The van der Waals surface area contributed by atoms with E-state index >= 15 is 0 Å². The van der Waals surface area contributed by atoms with Crippen LogP contribution in [0.4, 0.5) is 5.69 Å². The Hall–Kier alpha value is -1.96. The maximum Gasteiger partial charge on any atom is 0.115 e. The van der Waals surface area contributed by atoms with Gasteiger partial charge in [0.1, 0.15) is 5.75 Å². The number of rotatable bonds is 5. The molecule has 2 nitrogen and oxygen atoms in total. The van der Waals surface area contributed by atoms with E-state index < -0.39 is 0 Å². The zero-order valence-corrected chi connectivity index (χ0v) is 11.4. The second kappa shape index (κ2) is 6.83. The number of phenols is 1. The molecule has 0 radical (unpaired) electrons. The zero-order valence-electron chi connectivity index (χ0n) is 11.4. The lowest BCUT2D eigenvalue weighted by atomic mass is 10.1. The van der Waals surface area contributed by atoms with Crippen molar-refractivity contribution in [3.05, 3.63) is 60.2 Å². The molecule has 1 aliphatic carbocycles. The molecule has 1 aromatic carbocycles. The molecule has 1 N–H and O–H groups in total. The topological polar surface area (TPSA) is 23.5 Å². The fourth-order valence-corrected chi connectivity index (χ4v) is 2.15. The van der Waals surface area contributed by atoms with Gasteiger partial charge in [0.25, 0.3) is 0 Å². The van der Waals surface area contributed by atoms with Gasteiger partial charge in [-0.15, -0.1) is 0 Å². The number of phenolic OH excluding ortho intramolecular Hbond substituents is 1. The van der Waals surface area contributed by atoms with Crippen LogP contribution in [0.5, 0.6) is 5.75 Å². The molecule has 0 spiro atoms. The second-order valence-electron chi connectivity index (χ2n) is 4.64. The van der Waals surface area contributed by atoms with Gasteiger partial charge in [-0.25, -0.2) is 0 Å². The first-order chi connectivity index (χ1) is 9.29. The van der Waals surface area contributed by atoms with Crippen molar-refractivity contribution in [1.82, 2.24) is 0 Å². The second-order valence-corrected chi connectivity index (χ2v) is 4.64. The molecule has 0 aliphatic heterocycles. The van der Waals surface area contributed by atoms with Crippen LogP contribution in [0.3, 0.4) is 0 Å². The number of allylic oxidation sites excluding steroid dienone is 5. The third kappa shape index (κ3) is 4.02. The fraction of sp³-hybridized carbons (Fsp3) is 0.294. The molecule has 1 aromatic rings. The molecular formula is C17H21NO. The molecular weight excluding hydrogens is 234 g/mol. The van der Waals surface area contributed by atoms with Crippen molar-refractivity contribution in [2.75, 3.05) is 18.0 Å². The summed E-state index contributed by atoms with van der Waals surface area (Å²) in [5, 5.41) is 9.31. The Morgan fingerprint density at radius 2 is 2.00 bits per heavy atom. The average molecular weight is 255 g/mol. The van der Waals surface area contributed by atoms with E-state index in [9.17, 15) is 5.11 Å². The zero-order chi connectivity index (χ0) is 13.5. The number of benzene rings is 1. The van der Waals surface area contributed by atoms with Gasteiger partial charge in [-0.05, 0) is 49.6 Å². The van der Waals surface area contributed by atoms with Crippen LogP contribution in [0.2, 0.25) is 0 Å². The van der Waals surface area contributed by atoms with Crippen LogP contribution in [-0.4, -0.2) is 18.2 Å². The van der Waals surface area contributed by atoms with Crippen molar-refractivity contribution in [2.24, 2.45) is 0 Å². The Bertz CT molecular complexity index is 482. The maximum atomic E-state index is 9.31. The quantitative estimate of drug-likeness (QED) is 0.858. The van der Waals surface area contributed by atoms with E-state index in [0.717, 1.165) is 31.6 Å². The summed E-state index contributed by atoms with van der Waals surface area (Å²) in [5.41, 5.74) is 2.44. The van der Waals surface area contributed by atoms with E-state index in [-0.39, 0.29) is 0 Å². The first kappa shape index (κ1) is 13.5. The summed E-state index contributed by atoms with van der Waals surface area (Å²) in [4.78, 5) is 2.27. The molecule has 0 bridgehead atoms. The van der Waals surface area contributed by atoms with E-state index in [2.05, 4.69) is 42.2 Å². The van der Waals surface area contributed by atoms with Crippen molar-refractivity contribution in [3.63, 3.8) is 0 Å². The monoisotopic (exact) mass is 255 g/mol. The molecule has 0 fully saturated rings. The number of likely N-dealkylation sites (N-methyl/N-ethyl adjacent to an activating group) is 1. The van der Waals surface area contributed by atoms with Gasteiger partial charge in [0.2, 0.25) is 0 Å². The van der Waals surface area contributed by atoms with Crippen molar-refractivity contribution >= 4 is 5.69 Å². The fourth-order valence-electron chi connectivity index (χ4n) is 2.15. The molecule has 1 aliphatic rings. The summed E-state index contributed by atoms with van der Waals surface area (Å²) in [6.07, 6.45) is 13.3. The molecule has 0 saturated heterocycles. The van der Waals surface area contributed by atoms with E-state index in [1.165, 1.54) is 5.57 Å². The van der Waals surface area contributed by atoms with Gasteiger partial charge >= 0.3 is 0 Å². The van der Waals surface area contributed by atoms with Gasteiger partial charge in [-0.1, -0.05) is 30.4 Å². The van der Waals surface area contributed by atoms with Crippen LogP contribution in [0.25, 0.3) is 0 Å². The Balaban J connectivity index is 1.95.